The molecule has 6 rings (SSSR count). The molecular weight excluding hydrogens is 562 g/mol. The molecule has 252 valence electrons. The van der Waals surface area contributed by atoms with Gasteiger partial charge >= 0.3 is 0 Å². The van der Waals surface area contributed by atoms with Gasteiger partial charge in [0.2, 0.25) is 0 Å². The number of anilines is 2. The molecule has 1 saturated carbocycles. The quantitative estimate of drug-likeness (QED) is 0.273. The third-order valence-electron chi connectivity index (χ3n) is 10.1. The van der Waals surface area contributed by atoms with Crippen LogP contribution in [0.5, 0.6) is 0 Å². The van der Waals surface area contributed by atoms with E-state index in [1.54, 1.807) is 0 Å². The Morgan fingerprint density at radius 1 is 0.543 bits per heavy atom. The van der Waals surface area contributed by atoms with E-state index in [1.165, 1.54) is 119 Å². The summed E-state index contributed by atoms with van der Waals surface area (Å²) < 4.78 is 0. The Morgan fingerprint density at radius 2 is 1.15 bits per heavy atom. The van der Waals surface area contributed by atoms with E-state index in [2.05, 4.69) is 116 Å². The fourth-order valence-electron chi connectivity index (χ4n) is 6.68. The predicted octanol–water partition coefficient (Wildman–Crippen LogP) is 10.9. The third-order valence-corrected chi connectivity index (χ3v) is 10.1. The van der Waals surface area contributed by atoms with Crippen LogP contribution in [0.2, 0.25) is 0 Å². The molecule has 5 heterocycles. The Kier molecular flexibility index (Phi) is 14.4. The average molecular weight is 626 g/mol. The second kappa shape index (κ2) is 18.4. The number of hydrogen-bond acceptors (Lipinski definition) is 5. The Hall–Kier alpha value is -2.95. The topological polar surface area (TPSA) is 45.2 Å². The van der Waals surface area contributed by atoms with Crippen LogP contribution in [0.4, 0.5) is 11.5 Å². The lowest BCUT2D eigenvalue weighted by Gasteiger charge is -2.32. The normalized spacial score (nSPS) is 17.9. The molecule has 0 amide bonds. The summed E-state index contributed by atoms with van der Waals surface area (Å²) in [4.78, 5) is 18.5. The number of pyridine rings is 3. The number of nitrogens with zero attached hydrogens (tertiary/aromatic N) is 5. The van der Waals surface area contributed by atoms with Crippen LogP contribution < -0.4 is 9.80 Å². The lowest BCUT2D eigenvalue weighted by molar-refractivity contribution is 0.438. The summed E-state index contributed by atoms with van der Waals surface area (Å²) in [5.74, 6) is 4.47. The van der Waals surface area contributed by atoms with Crippen LogP contribution in [-0.4, -0.2) is 41.1 Å². The number of aromatic nitrogens is 3. The molecule has 46 heavy (non-hydrogen) atoms. The van der Waals surface area contributed by atoms with Crippen LogP contribution in [0.25, 0.3) is 0 Å². The summed E-state index contributed by atoms with van der Waals surface area (Å²) in [7, 11) is 0. The summed E-state index contributed by atoms with van der Waals surface area (Å²) in [6.45, 7) is 20.2. The van der Waals surface area contributed by atoms with Crippen LogP contribution in [0.15, 0.2) is 55.0 Å². The predicted molar refractivity (Wildman–Crippen MR) is 197 cm³/mol. The minimum absolute atomic E-state index is 0.524. The van der Waals surface area contributed by atoms with E-state index in [0.29, 0.717) is 17.8 Å². The molecule has 2 saturated heterocycles. The fourth-order valence-corrected chi connectivity index (χ4v) is 6.68. The Morgan fingerprint density at radius 3 is 1.65 bits per heavy atom. The zero-order valence-corrected chi connectivity index (χ0v) is 30.2. The summed E-state index contributed by atoms with van der Waals surface area (Å²) >= 11 is 0. The molecule has 0 aromatic carbocycles. The molecular formula is C41H63N5. The molecule has 0 unspecified atom stereocenters. The van der Waals surface area contributed by atoms with E-state index in [4.69, 9.17) is 0 Å². The first kappa shape index (κ1) is 35.9. The van der Waals surface area contributed by atoms with Gasteiger partial charge in [-0.1, -0.05) is 79.9 Å². The van der Waals surface area contributed by atoms with Gasteiger partial charge in [0.05, 0.1) is 11.9 Å². The lowest BCUT2D eigenvalue weighted by atomic mass is 9.85. The first-order valence-corrected chi connectivity index (χ1v) is 18.6. The maximum absolute atomic E-state index is 4.55. The van der Waals surface area contributed by atoms with Gasteiger partial charge in [-0.2, -0.15) is 0 Å². The van der Waals surface area contributed by atoms with Crippen molar-refractivity contribution in [1.82, 2.24) is 15.0 Å². The average Bonchev–Trinajstić information content (AvgIpc) is 3.10. The van der Waals surface area contributed by atoms with Gasteiger partial charge in [-0.25, -0.2) is 4.98 Å². The zero-order valence-electron chi connectivity index (χ0n) is 30.2. The highest BCUT2D eigenvalue weighted by Gasteiger charge is 2.17. The first-order chi connectivity index (χ1) is 22.2. The minimum atomic E-state index is 0.524. The molecule has 0 bridgehead atoms. The Balaban J connectivity index is 0.000000157. The Labute approximate surface area is 281 Å². The van der Waals surface area contributed by atoms with E-state index in [1.807, 2.05) is 12.4 Å². The molecule has 0 spiro atoms. The Bertz CT molecular complexity index is 1160. The van der Waals surface area contributed by atoms with Crippen LogP contribution >= 0.6 is 0 Å². The second-order valence-corrected chi connectivity index (χ2v) is 14.9. The van der Waals surface area contributed by atoms with Crippen molar-refractivity contribution in [3.63, 3.8) is 0 Å². The number of piperidine rings is 2. The monoisotopic (exact) mass is 626 g/mol. The lowest BCUT2D eigenvalue weighted by Crippen LogP contribution is -2.32. The molecule has 5 heteroatoms. The van der Waals surface area contributed by atoms with Crippen molar-refractivity contribution < 1.29 is 0 Å². The molecule has 0 N–H and O–H groups in total. The van der Waals surface area contributed by atoms with Gasteiger partial charge in [-0.15, -0.1) is 0 Å². The highest BCUT2D eigenvalue weighted by molar-refractivity contribution is 5.45. The van der Waals surface area contributed by atoms with Gasteiger partial charge in [0.15, 0.2) is 0 Å². The van der Waals surface area contributed by atoms with Gasteiger partial charge in [0, 0.05) is 50.0 Å². The largest absolute Gasteiger partial charge is 0.370 e. The van der Waals surface area contributed by atoms with Gasteiger partial charge in [0.25, 0.3) is 0 Å². The van der Waals surface area contributed by atoms with Crippen molar-refractivity contribution in [1.29, 1.82) is 0 Å². The fraction of sp³-hybridized carbons (Fsp3) is 0.634. The van der Waals surface area contributed by atoms with Crippen LogP contribution in [0.3, 0.4) is 0 Å². The molecule has 0 atom stereocenters. The van der Waals surface area contributed by atoms with E-state index < -0.39 is 0 Å². The molecule has 3 fully saturated rings. The standard InChI is InChI=1S/C14H22N2.C14H21N.C13H20N2/c1-11(2)14-5-4-13(10-15-14)16-8-6-12(3)7-9-16;1-11(2)14-9-8-13(10-15-14)12-6-4-3-5-7-12;1-11(2)12-6-7-13(14-10-12)15-8-4-3-5-9-15/h4-5,10-12H,6-9H2,1-3H3;8-12H,3-7H2,1-2H3;6-7,10-11H,3-5,8-9H2,1-2H3. The molecule has 2 aliphatic heterocycles. The van der Waals surface area contributed by atoms with Crippen LogP contribution in [0, 0.1) is 5.92 Å². The van der Waals surface area contributed by atoms with Crippen molar-refractivity contribution in [3.05, 3.63) is 77.5 Å². The molecule has 1 aliphatic carbocycles. The molecule has 3 aliphatic rings. The third kappa shape index (κ3) is 11.1. The second-order valence-electron chi connectivity index (χ2n) is 14.9. The summed E-state index contributed by atoms with van der Waals surface area (Å²) in [6.07, 6.45) is 19.7. The summed E-state index contributed by atoms with van der Waals surface area (Å²) in [5, 5.41) is 0. The van der Waals surface area contributed by atoms with Gasteiger partial charge in [-0.3, -0.25) is 9.97 Å². The van der Waals surface area contributed by atoms with Gasteiger partial charge in [0.1, 0.15) is 5.82 Å². The van der Waals surface area contributed by atoms with E-state index in [9.17, 15) is 0 Å². The highest BCUT2D eigenvalue weighted by Crippen LogP contribution is 2.32. The smallest absolute Gasteiger partial charge is 0.128 e. The van der Waals surface area contributed by atoms with Crippen molar-refractivity contribution >= 4 is 11.5 Å². The van der Waals surface area contributed by atoms with Gasteiger partial charge in [-0.05, 0) is 110 Å². The number of hydrogen-bond donors (Lipinski definition) is 0. The van der Waals surface area contributed by atoms with Crippen molar-refractivity contribution in [3.8, 4) is 0 Å². The maximum atomic E-state index is 4.55. The summed E-state index contributed by atoms with van der Waals surface area (Å²) in [5.41, 5.74) is 6.48. The van der Waals surface area contributed by atoms with Gasteiger partial charge < -0.3 is 9.80 Å². The minimum Gasteiger partial charge on any atom is -0.370 e. The van der Waals surface area contributed by atoms with E-state index in [-0.39, 0.29) is 0 Å². The van der Waals surface area contributed by atoms with Crippen molar-refractivity contribution in [2.24, 2.45) is 5.92 Å². The SMILES string of the molecule is CC(C)c1ccc(C2CCCCC2)cn1.CC(C)c1ccc(N2CCCCC2)nc1.CC1CCN(c2ccc(C(C)C)nc2)CC1. The van der Waals surface area contributed by atoms with Crippen LogP contribution in [-0.2, 0) is 0 Å². The molecule has 0 radical (unpaired) electrons. The zero-order chi connectivity index (χ0) is 32.9. The van der Waals surface area contributed by atoms with Crippen molar-refractivity contribution in [2.75, 3.05) is 36.0 Å². The van der Waals surface area contributed by atoms with E-state index >= 15 is 0 Å². The number of rotatable bonds is 6. The van der Waals surface area contributed by atoms with E-state index in [0.717, 1.165) is 17.7 Å². The molecule has 3 aromatic rings. The highest BCUT2D eigenvalue weighted by atomic mass is 15.2. The van der Waals surface area contributed by atoms with Crippen molar-refractivity contribution in [2.45, 2.75) is 136 Å². The molecule has 3 aromatic heterocycles. The van der Waals surface area contributed by atoms with Crippen LogP contribution in [0.1, 0.15) is 159 Å². The summed E-state index contributed by atoms with van der Waals surface area (Å²) in [6, 6.07) is 13.3. The first-order valence-electron chi connectivity index (χ1n) is 18.6. The molecule has 5 nitrogen and oxygen atoms in total. The maximum Gasteiger partial charge on any atom is 0.128 e.